The second kappa shape index (κ2) is 12.4. The van der Waals surface area contributed by atoms with Gasteiger partial charge in [-0.2, -0.15) is 0 Å². The van der Waals surface area contributed by atoms with Crippen LogP contribution in [0.4, 0.5) is 0 Å². The summed E-state index contributed by atoms with van der Waals surface area (Å²) in [6.07, 6.45) is 4.31. The van der Waals surface area contributed by atoms with Gasteiger partial charge in [-0.25, -0.2) is 4.98 Å². The zero-order valence-corrected chi connectivity index (χ0v) is 21.9. The summed E-state index contributed by atoms with van der Waals surface area (Å²) in [5, 5.41) is 4.09. The van der Waals surface area contributed by atoms with Gasteiger partial charge in [-0.1, -0.05) is 30.3 Å². The highest BCUT2D eigenvalue weighted by molar-refractivity contribution is 5.91. The number of oxazole rings is 1. The number of nitrogens with one attached hydrogen (secondary N) is 2. The van der Waals surface area contributed by atoms with Crippen LogP contribution in [0.1, 0.15) is 27.5 Å². The Balaban J connectivity index is 1.51. The fourth-order valence-electron chi connectivity index (χ4n) is 4.31. The topological polar surface area (TPSA) is 95.9 Å². The highest BCUT2D eigenvalue weighted by Gasteiger charge is 2.18. The molecule has 4 rings (SSSR count). The van der Waals surface area contributed by atoms with E-state index in [2.05, 4.69) is 44.6 Å². The third kappa shape index (κ3) is 6.69. The Labute approximate surface area is 217 Å². The molecule has 37 heavy (non-hydrogen) atoms. The summed E-state index contributed by atoms with van der Waals surface area (Å²) < 4.78 is 16.9. The van der Waals surface area contributed by atoms with Crippen LogP contribution in [0.5, 0.6) is 11.5 Å². The molecule has 2 aromatic heterocycles. The number of aromatic nitrogens is 2. The van der Waals surface area contributed by atoms with Gasteiger partial charge in [0.15, 0.2) is 17.2 Å². The quantitative estimate of drug-likeness (QED) is 0.286. The van der Waals surface area contributed by atoms with Crippen molar-refractivity contribution in [3.8, 4) is 11.5 Å². The van der Waals surface area contributed by atoms with Gasteiger partial charge in [-0.3, -0.25) is 9.69 Å². The van der Waals surface area contributed by atoms with Crippen molar-refractivity contribution in [2.24, 2.45) is 0 Å². The van der Waals surface area contributed by atoms with Crippen LogP contribution in [0, 0.1) is 0 Å². The molecule has 0 fully saturated rings. The largest absolute Gasteiger partial charge is 0.493 e. The molecule has 196 valence electrons. The first-order valence-corrected chi connectivity index (χ1v) is 12.3. The highest BCUT2D eigenvalue weighted by Crippen LogP contribution is 2.32. The lowest BCUT2D eigenvalue weighted by molar-refractivity contribution is 0.0946. The summed E-state index contributed by atoms with van der Waals surface area (Å²) in [5.74, 6) is 1.63. The van der Waals surface area contributed by atoms with Gasteiger partial charge >= 0.3 is 0 Å². The zero-order valence-electron chi connectivity index (χ0n) is 21.9. The lowest BCUT2D eigenvalue weighted by atomic mass is 10.1. The van der Waals surface area contributed by atoms with Crippen molar-refractivity contribution in [1.29, 1.82) is 0 Å². The molecule has 0 aliphatic heterocycles. The number of amides is 1. The summed E-state index contributed by atoms with van der Waals surface area (Å²) >= 11 is 0. The molecule has 0 bridgehead atoms. The molecule has 2 N–H and O–H groups in total. The van der Waals surface area contributed by atoms with Crippen LogP contribution in [-0.2, 0) is 19.5 Å². The molecule has 9 heteroatoms. The second-order valence-corrected chi connectivity index (χ2v) is 9.16. The Morgan fingerprint density at radius 1 is 1.03 bits per heavy atom. The number of methoxy groups -OCH3 is 2. The number of para-hydroxylation sites is 2. The molecule has 2 heterocycles. The van der Waals surface area contributed by atoms with Gasteiger partial charge < -0.3 is 29.1 Å². The molecule has 2 aromatic carbocycles. The third-order valence-corrected chi connectivity index (χ3v) is 6.24. The number of fused-ring (bicyclic) bond motifs is 1. The summed E-state index contributed by atoms with van der Waals surface area (Å²) in [5.41, 5.74) is 3.64. The van der Waals surface area contributed by atoms with E-state index in [1.54, 1.807) is 14.2 Å². The van der Waals surface area contributed by atoms with Gasteiger partial charge in [0.1, 0.15) is 6.26 Å². The SMILES string of the molecule is COc1cccc(CN(CCc2c[nH]c3ccccc23)Cc2nc(C(=O)NCCN(C)C)co2)c1OC. The number of ether oxygens (including phenoxy) is 2. The molecule has 0 radical (unpaired) electrons. The normalized spacial score (nSPS) is 11.4. The van der Waals surface area contributed by atoms with Crippen molar-refractivity contribution < 1.29 is 18.7 Å². The van der Waals surface area contributed by atoms with E-state index in [9.17, 15) is 4.79 Å². The average Bonchev–Trinajstić information content (AvgIpc) is 3.54. The first-order chi connectivity index (χ1) is 18.0. The summed E-state index contributed by atoms with van der Waals surface area (Å²) in [6.45, 7) is 3.07. The van der Waals surface area contributed by atoms with Crippen LogP contribution in [0.2, 0.25) is 0 Å². The minimum Gasteiger partial charge on any atom is -0.493 e. The van der Waals surface area contributed by atoms with Crippen molar-refractivity contribution in [2.45, 2.75) is 19.5 Å². The number of carbonyl (C=O) groups is 1. The number of nitrogens with zero attached hydrogens (tertiary/aromatic N) is 3. The minimum atomic E-state index is -0.239. The predicted molar refractivity (Wildman–Crippen MR) is 143 cm³/mol. The second-order valence-electron chi connectivity index (χ2n) is 9.16. The van der Waals surface area contributed by atoms with Crippen LogP contribution in [0.15, 0.2) is 59.3 Å². The number of H-pyrrole nitrogens is 1. The van der Waals surface area contributed by atoms with E-state index in [0.717, 1.165) is 30.6 Å². The number of likely N-dealkylation sites (N-methyl/N-ethyl adjacent to an activating group) is 1. The molecular weight excluding hydrogens is 470 g/mol. The fourth-order valence-corrected chi connectivity index (χ4v) is 4.31. The number of hydrogen-bond acceptors (Lipinski definition) is 7. The number of benzene rings is 2. The van der Waals surface area contributed by atoms with Gasteiger partial charge in [-0.15, -0.1) is 0 Å². The van der Waals surface area contributed by atoms with E-state index < -0.39 is 0 Å². The molecule has 0 spiro atoms. The van der Waals surface area contributed by atoms with Gasteiger partial charge in [0.2, 0.25) is 5.89 Å². The lowest BCUT2D eigenvalue weighted by Crippen LogP contribution is -2.31. The number of rotatable bonds is 13. The lowest BCUT2D eigenvalue weighted by Gasteiger charge is -2.22. The maximum Gasteiger partial charge on any atom is 0.273 e. The Bertz CT molecular complexity index is 1310. The molecule has 1 amide bonds. The predicted octanol–water partition coefficient (Wildman–Crippen LogP) is 3.71. The molecule has 0 aliphatic carbocycles. The van der Waals surface area contributed by atoms with Crippen molar-refractivity contribution in [1.82, 2.24) is 25.1 Å². The molecule has 0 saturated carbocycles. The molecular formula is C28H35N5O4. The van der Waals surface area contributed by atoms with Gasteiger partial charge in [0.25, 0.3) is 5.91 Å². The third-order valence-electron chi connectivity index (χ3n) is 6.24. The van der Waals surface area contributed by atoms with Crippen LogP contribution in [-0.4, -0.2) is 73.6 Å². The van der Waals surface area contributed by atoms with Crippen LogP contribution in [0.3, 0.4) is 0 Å². The Morgan fingerprint density at radius 3 is 2.65 bits per heavy atom. The van der Waals surface area contributed by atoms with Crippen molar-refractivity contribution in [2.75, 3.05) is 47.9 Å². The number of hydrogen-bond donors (Lipinski definition) is 2. The van der Waals surface area contributed by atoms with E-state index in [4.69, 9.17) is 13.9 Å². The maximum atomic E-state index is 12.5. The van der Waals surface area contributed by atoms with Crippen LogP contribution < -0.4 is 14.8 Å². The van der Waals surface area contributed by atoms with E-state index >= 15 is 0 Å². The zero-order chi connectivity index (χ0) is 26.2. The molecule has 0 saturated heterocycles. The van der Waals surface area contributed by atoms with Crippen molar-refractivity contribution in [3.05, 3.63) is 77.6 Å². The maximum absolute atomic E-state index is 12.5. The van der Waals surface area contributed by atoms with Gasteiger partial charge in [0, 0.05) is 48.8 Å². The Morgan fingerprint density at radius 2 is 1.86 bits per heavy atom. The Hall–Kier alpha value is -3.82. The fraction of sp³-hybridized carbons (Fsp3) is 0.357. The highest BCUT2D eigenvalue weighted by atomic mass is 16.5. The molecule has 0 atom stereocenters. The first-order valence-electron chi connectivity index (χ1n) is 12.3. The molecule has 4 aromatic rings. The minimum absolute atomic E-state index is 0.239. The van der Waals surface area contributed by atoms with E-state index in [-0.39, 0.29) is 11.6 Å². The van der Waals surface area contributed by atoms with E-state index in [1.165, 1.54) is 17.2 Å². The van der Waals surface area contributed by atoms with E-state index in [0.29, 0.717) is 37.0 Å². The van der Waals surface area contributed by atoms with Crippen LogP contribution >= 0.6 is 0 Å². The van der Waals surface area contributed by atoms with Gasteiger partial charge in [-0.05, 0) is 38.2 Å². The van der Waals surface area contributed by atoms with Crippen LogP contribution in [0.25, 0.3) is 10.9 Å². The Kier molecular flexibility index (Phi) is 8.81. The summed E-state index contributed by atoms with van der Waals surface area (Å²) in [6, 6.07) is 14.2. The van der Waals surface area contributed by atoms with Gasteiger partial charge in [0.05, 0.1) is 20.8 Å². The van der Waals surface area contributed by atoms with Crippen molar-refractivity contribution in [3.63, 3.8) is 0 Å². The number of carbonyl (C=O) groups excluding carboxylic acids is 1. The van der Waals surface area contributed by atoms with Crippen molar-refractivity contribution >= 4 is 16.8 Å². The summed E-state index contributed by atoms with van der Waals surface area (Å²) in [4.78, 5) is 24.5. The smallest absolute Gasteiger partial charge is 0.273 e. The molecule has 0 aliphatic rings. The first kappa shape index (κ1) is 26.2. The standard InChI is InChI=1S/C28H35N5O4/c1-32(2)15-13-29-28(34)24-19-37-26(31-24)18-33(17-21-8-7-11-25(35-3)27(21)36-4)14-12-20-16-30-23-10-6-5-9-22(20)23/h5-11,16,19,30H,12-15,17-18H2,1-4H3,(H,29,34). The molecule has 9 nitrogen and oxygen atoms in total. The average molecular weight is 506 g/mol. The van der Waals surface area contributed by atoms with E-state index in [1.807, 2.05) is 43.3 Å². The number of aromatic amines is 1. The molecule has 0 unspecified atom stereocenters. The summed E-state index contributed by atoms with van der Waals surface area (Å²) in [7, 11) is 7.20. The monoisotopic (exact) mass is 505 g/mol.